The van der Waals surface area contributed by atoms with E-state index in [2.05, 4.69) is 32.3 Å². The number of carbonyl (C=O) groups excluding carboxylic acids is 1. The van der Waals surface area contributed by atoms with Gasteiger partial charge >= 0.3 is 0 Å². The van der Waals surface area contributed by atoms with E-state index in [9.17, 15) is 4.79 Å². The number of methoxy groups -OCH3 is 1. The summed E-state index contributed by atoms with van der Waals surface area (Å²) >= 11 is 0. The lowest BCUT2D eigenvalue weighted by Crippen LogP contribution is -2.35. The molecule has 5 rings (SSSR count). The topological polar surface area (TPSA) is 98.4 Å². The predicted molar refractivity (Wildman–Crippen MR) is 122 cm³/mol. The average molecular weight is 434 g/mol. The van der Waals surface area contributed by atoms with Crippen LogP contribution in [0.1, 0.15) is 42.6 Å². The summed E-state index contributed by atoms with van der Waals surface area (Å²) in [6.07, 6.45) is 10.4. The lowest BCUT2D eigenvalue weighted by atomic mass is 9.83. The standard InChI is InChI=1S/C23H27N7O2/c1-14-9-16(24-2)5-6-20(14)30-13-15-10-17(21(32-3)11-18(15)28-30)23(31)27-19-12-26-29-8-4-7-25-22(19)29/h4,7-8,10-14,16,20,24H,5-6,9H2,1-3H3,(H,27,31)/t14-,16?,20?/m1/s1. The second-order valence-corrected chi connectivity index (χ2v) is 8.46. The fourth-order valence-corrected chi connectivity index (χ4v) is 4.73. The van der Waals surface area contributed by atoms with Crippen molar-refractivity contribution >= 4 is 28.1 Å². The highest BCUT2D eigenvalue weighted by Gasteiger charge is 2.29. The number of aromatic nitrogens is 5. The number of amides is 1. The molecule has 1 fully saturated rings. The van der Waals surface area contributed by atoms with Crippen LogP contribution in [0.3, 0.4) is 0 Å². The molecule has 2 N–H and O–H groups in total. The van der Waals surface area contributed by atoms with Gasteiger partial charge in [0, 0.05) is 36.1 Å². The minimum absolute atomic E-state index is 0.278. The molecular weight excluding hydrogens is 406 g/mol. The van der Waals surface area contributed by atoms with Crippen LogP contribution in [0.2, 0.25) is 0 Å². The molecule has 1 amide bonds. The van der Waals surface area contributed by atoms with Crippen molar-refractivity contribution in [3.05, 3.63) is 48.5 Å². The highest BCUT2D eigenvalue weighted by Crippen LogP contribution is 2.35. The van der Waals surface area contributed by atoms with Crippen LogP contribution in [0.25, 0.3) is 16.6 Å². The van der Waals surface area contributed by atoms with E-state index in [1.165, 1.54) is 0 Å². The van der Waals surface area contributed by atoms with E-state index in [1.807, 2.05) is 25.4 Å². The monoisotopic (exact) mass is 433 g/mol. The van der Waals surface area contributed by atoms with E-state index >= 15 is 0 Å². The third kappa shape index (κ3) is 3.58. The summed E-state index contributed by atoms with van der Waals surface area (Å²) < 4.78 is 9.21. The molecule has 3 aromatic heterocycles. The van der Waals surface area contributed by atoms with Crippen LogP contribution < -0.4 is 15.4 Å². The Kier molecular flexibility index (Phi) is 5.26. The molecule has 1 aliphatic carbocycles. The summed E-state index contributed by atoms with van der Waals surface area (Å²) in [4.78, 5) is 17.4. The largest absolute Gasteiger partial charge is 0.496 e. The minimum Gasteiger partial charge on any atom is -0.496 e. The molecule has 1 aromatic carbocycles. The second kappa shape index (κ2) is 8.23. The molecule has 4 aromatic rings. The van der Waals surface area contributed by atoms with E-state index in [-0.39, 0.29) is 5.91 Å². The van der Waals surface area contributed by atoms with E-state index in [4.69, 9.17) is 9.84 Å². The van der Waals surface area contributed by atoms with Crippen LogP contribution in [0, 0.1) is 5.92 Å². The number of rotatable bonds is 5. The Morgan fingerprint density at radius 1 is 1.28 bits per heavy atom. The van der Waals surface area contributed by atoms with Gasteiger partial charge in [-0.3, -0.25) is 9.48 Å². The number of benzene rings is 1. The quantitative estimate of drug-likeness (QED) is 0.501. The first-order valence-corrected chi connectivity index (χ1v) is 10.9. The normalized spacial score (nSPS) is 21.2. The summed E-state index contributed by atoms with van der Waals surface area (Å²) in [6.45, 7) is 2.28. The van der Waals surface area contributed by atoms with E-state index in [1.54, 1.807) is 36.3 Å². The Labute approximate surface area is 185 Å². The molecule has 3 heterocycles. The van der Waals surface area contributed by atoms with Gasteiger partial charge in [-0.05, 0) is 44.4 Å². The molecule has 0 spiro atoms. The number of hydrogen-bond donors (Lipinski definition) is 2. The van der Waals surface area contributed by atoms with E-state index in [0.29, 0.717) is 40.6 Å². The van der Waals surface area contributed by atoms with Gasteiger partial charge in [-0.1, -0.05) is 6.92 Å². The number of fused-ring (bicyclic) bond motifs is 2. The predicted octanol–water partition coefficient (Wildman–Crippen LogP) is 3.29. The van der Waals surface area contributed by atoms with Crippen molar-refractivity contribution in [3.8, 4) is 5.75 Å². The molecule has 3 atom stereocenters. The maximum Gasteiger partial charge on any atom is 0.259 e. The third-order valence-electron chi connectivity index (χ3n) is 6.49. The summed E-state index contributed by atoms with van der Waals surface area (Å²) in [5.41, 5.74) is 2.39. The van der Waals surface area contributed by atoms with Gasteiger partial charge in [0.15, 0.2) is 5.65 Å². The van der Waals surface area contributed by atoms with Gasteiger partial charge in [0.25, 0.3) is 5.91 Å². The van der Waals surface area contributed by atoms with Gasteiger partial charge in [-0.15, -0.1) is 0 Å². The van der Waals surface area contributed by atoms with Gasteiger partial charge in [0.1, 0.15) is 11.4 Å². The molecule has 9 heteroatoms. The molecule has 0 bridgehead atoms. The molecule has 1 aliphatic rings. The van der Waals surface area contributed by atoms with Gasteiger partial charge < -0.3 is 15.4 Å². The SMILES string of the molecule is CNC1CCC(n2cc3cc(C(=O)Nc4cnn5cccnc45)c(OC)cc3n2)[C@H](C)C1. The first-order chi connectivity index (χ1) is 15.6. The lowest BCUT2D eigenvalue weighted by molar-refractivity contribution is 0.102. The van der Waals surface area contributed by atoms with Gasteiger partial charge in [0.2, 0.25) is 0 Å². The van der Waals surface area contributed by atoms with Gasteiger partial charge in [-0.25, -0.2) is 9.50 Å². The van der Waals surface area contributed by atoms with Crippen LogP contribution >= 0.6 is 0 Å². The van der Waals surface area contributed by atoms with Crippen molar-refractivity contribution in [2.75, 3.05) is 19.5 Å². The number of carbonyl (C=O) groups is 1. The molecule has 0 radical (unpaired) electrons. The van der Waals surface area contributed by atoms with Crippen molar-refractivity contribution in [3.63, 3.8) is 0 Å². The van der Waals surface area contributed by atoms with E-state index in [0.717, 1.165) is 30.2 Å². The lowest BCUT2D eigenvalue weighted by Gasteiger charge is -2.34. The van der Waals surface area contributed by atoms with Crippen molar-refractivity contribution in [2.45, 2.75) is 38.3 Å². The molecule has 0 aliphatic heterocycles. The number of ether oxygens (including phenoxy) is 1. The summed E-state index contributed by atoms with van der Waals surface area (Å²) in [7, 11) is 3.59. The summed E-state index contributed by atoms with van der Waals surface area (Å²) in [5.74, 6) is 0.722. The fourth-order valence-electron chi connectivity index (χ4n) is 4.73. The van der Waals surface area contributed by atoms with Crippen LogP contribution in [-0.2, 0) is 0 Å². The molecule has 32 heavy (non-hydrogen) atoms. The first-order valence-electron chi connectivity index (χ1n) is 10.9. The molecule has 1 saturated carbocycles. The Balaban J connectivity index is 1.45. The average Bonchev–Trinajstić information content (AvgIpc) is 3.41. The second-order valence-electron chi connectivity index (χ2n) is 8.46. The van der Waals surface area contributed by atoms with Crippen molar-refractivity contribution in [2.24, 2.45) is 5.92 Å². The Morgan fingerprint density at radius 2 is 2.16 bits per heavy atom. The maximum atomic E-state index is 13.1. The number of nitrogens with zero attached hydrogens (tertiary/aromatic N) is 5. The summed E-state index contributed by atoms with van der Waals surface area (Å²) in [5, 5.41) is 16.3. The Morgan fingerprint density at radius 3 is 2.94 bits per heavy atom. The van der Waals surface area contributed by atoms with Crippen molar-refractivity contribution in [1.82, 2.24) is 29.7 Å². The number of anilines is 1. The first kappa shape index (κ1) is 20.4. The smallest absolute Gasteiger partial charge is 0.259 e. The van der Waals surface area contributed by atoms with Gasteiger partial charge in [-0.2, -0.15) is 10.2 Å². The van der Waals surface area contributed by atoms with Crippen molar-refractivity contribution < 1.29 is 9.53 Å². The van der Waals surface area contributed by atoms with Crippen LogP contribution in [-0.4, -0.2) is 50.5 Å². The Hall–Kier alpha value is -3.46. The van der Waals surface area contributed by atoms with Crippen LogP contribution in [0.4, 0.5) is 5.69 Å². The third-order valence-corrected chi connectivity index (χ3v) is 6.49. The molecule has 166 valence electrons. The zero-order chi connectivity index (χ0) is 22.2. The fraction of sp³-hybridized carbons (Fsp3) is 0.391. The molecular formula is C23H27N7O2. The maximum absolute atomic E-state index is 13.1. The highest BCUT2D eigenvalue weighted by molar-refractivity contribution is 6.09. The molecule has 0 saturated heterocycles. The summed E-state index contributed by atoms with van der Waals surface area (Å²) in [6, 6.07) is 6.37. The minimum atomic E-state index is -0.278. The Bertz CT molecular complexity index is 1280. The number of hydrogen-bond acceptors (Lipinski definition) is 6. The van der Waals surface area contributed by atoms with Crippen molar-refractivity contribution in [1.29, 1.82) is 0 Å². The number of nitrogens with one attached hydrogen (secondary N) is 2. The van der Waals surface area contributed by atoms with E-state index < -0.39 is 0 Å². The van der Waals surface area contributed by atoms with Crippen LogP contribution in [0.15, 0.2) is 43.0 Å². The zero-order valence-corrected chi connectivity index (χ0v) is 18.4. The molecule has 2 unspecified atom stereocenters. The zero-order valence-electron chi connectivity index (χ0n) is 18.4. The van der Waals surface area contributed by atoms with Crippen LogP contribution in [0.5, 0.6) is 5.75 Å². The molecule has 9 nitrogen and oxygen atoms in total. The van der Waals surface area contributed by atoms with Gasteiger partial charge in [0.05, 0.1) is 30.4 Å². The highest BCUT2D eigenvalue weighted by atomic mass is 16.5.